The molecule has 0 atom stereocenters. The van der Waals surface area contributed by atoms with Gasteiger partial charge in [0, 0.05) is 12.4 Å². The fraction of sp³-hybridized carbons (Fsp3) is 0.250. The molecule has 0 aliphatic carbocycles. The summed E-state index contributed by atoms with van der Waals surface area (Å²) in [6, 6.07) is 3.71. The first-order valence-electron chi connectivity index (χ1n) is 5.28. The molecule has 2 aromatic rings. The highest BCUT2D eigenvalue weighted by Gasteiger charge is 2.31. The van der Waals surface area contributed by atoms with Gasteiger partial charge in [-0.3, -0.25) is 0 Å². The Kier molecular flexibility index (Phi) is 2.92. The van der Waals surface area contributed by atoms with Crippen molar-refractivity contribution >= 4 is 16.9 Å². The third-order valence-electron chi connectivity index (χ3n) is 2.75. The van der Waals surface area contributed by atoms with Crippen molar-refractivity contribution in [2.45, 2.75) is 13.3 Å². The number of aromatic carboxylic acids is 1. The Morgan fingerprint density at radius 1 is 1.32 bits per heavy atom. The third kappa shape index (κ3) is 2.49. The molecule has 1 aromatic heterocycles. The molecule has 0 saturated carbocycles. The number of halogens is 3. The highest BCUT2D eigenvalue weighted by molar-refractivity contribution is 5.96. The van der Waals surface area contributed by atoms with Crippen LogP contribution in [0, 0.1) is 6.92 Å². The van der Waals surface area contributed by atoms with Crippen molar-refractivity contribution in [3.8, 4) is 5.75 Å². The van der Waals surface area contributed by atoms with Crippen molar-refractivity contribution in [2.24, 2.45) is 7.05 Å². The standard InChI is InChI=1S/C12H10F3NO3/c1-6-3-8(19-12(13,14)15)4-7-5-9(11(17)18)16(2)10(6)7/h3-5H,1-2H3,(H,17,18). The third-order valence-corrected chi connectivity index (χ3v) is 2.75. The Balaban J connectivity index is 2.61. The predicted octanol–water partition coefficient (Wildman–Crippen LogP) is 3.08. The largest absolute Gasteiger partial charge is 0.573 e. The number of ether oxygens (including phenoxy) is 1. The number of carbonyl (C=O) groups is 1. The van der Waals surface area contributed by atoms with Gasteiger partial charge in [0.15, 0.2) is 0 Å². The number of aryl methyl sites for hydroxylation is 2. The highest BCUT2D eigenvalue weighted by Crippen LogP contribution is 2.30. The Bertz CT molecular complexity index is 658. The number of rotatable bonds is 2. The molecule has 1 N–H and O–H groups in total. The molecule has 0 saturated heterocycles. The Morgan fingerprint density at radius 3 is 2.47 bits per heavy atom. The summed E-state index contributed by atoms with van der Waals surface area (Å²) in [5, 5.41) is 9.37. The van der Waals surface area contributed by atoms with Gasteiger partial charge in [-0.05, 0) is 30.7 Å². The van der Waals surface area contributed by atoms with Crippen LogP contribution in [-0.4, -0.2) is 22.0 Å². The van der Waals surface area contributed by atoms with E-state index in [-0.39, 0.29) is 11.4 Å². The van der Waals surface area contributed by atoms with Crippen LogP contribution in [0.15, 0.2) is 18.2 Å². The molecule has 0 unspecified atom stereocenters. The second-order valence-electron chi connectivity index (χ2n) is 4.12. The van der Waals surface area contributed by atoms with Gasteiger partial charge in [0.05, 0.1) is 5.52 Å². The first kappa shape index (κ1) is 13.3. The lowest BCUT2D eigenvalue weighted by Crippen LogP contribution is -2.17. The number of hydrogen-bond acceptors (Lipinski definition) is 2. The second-order valence-corrected chi connectivity index (χ2v) is 4.12. The summed E-state index contributed by atoms with van der Waals surface area (Å²) in [5.74, 6) is -1.50. The van der Waals surface area contributed by atoms with E-state index in [0.29, 0.717) is 16.5 Å². The predicted molar refractivity (Wildman–Crippen MR) is 61.3 cm³/mol. The van der Waals surface area contributed by atoms with E-state index >= 15 is 0 Å². The van der Waals surface area contributed by atoms with Crippen LogP contribution in [0.4, 0.5) is 13.2 Å². The van der Waals surface area contributed by atoms with Gasteiger partial charge in [-0.1, -0.05) is 0 Å². The number of alkyl halides is 3. The minimum Gasteiger partial charge on any atom is -0.477 e. The number of aromatic nitrogens is 1. The Labute approximate surface area is 106 Å². The van der Waals surface area contributed by atoms with E-state index in [1.54, 1.807) is 14.0 Å². The van der Waals surface area contributed by atoms with Crippen molar-refractivity contribution < 1.29 is 27.8 Å². The summed E-state index contributed by atoms with van der Waals surface area (Å²) in [7, 11) is 1.54. The number of nitrogens with zero attached hydrogens (tertiary/aromatic N) is 1. The molecule has 0 fully saturated rings. The molecule has 1 heterocycles. The zero-order valence-electron chi connectivity index (χ0n) is 10.1. The van der Waals surface area contributed by atoms with E-state index in [0.717, 1.165) is 0 Å². The first-order chi connectivity index (χ1) is 8.69. The molecule has 102 valence electrons. The maximum Gasteiger partial charge on any atom is 0.573 e. The van der Waals surface area contributed by atoms with E-state index in [1.807, 2.05) is 0 Å². The molecule has 0 aliphatic rings. The maximum atomic E-state index is 12.2. The molecule has 1 aromatic carbocycles. The van der Waals surface area contributed by atoms with Crippen LogP contribution >= 0.6 is 0 Å². The van der Waals surface area contributed by atoms with Crippen LogP contribution in [0.1, 0.15) is 16.1 Å². The quantitative estimate of drug-likeness (QED) is 0.914. The summed E-state index contributed by atoms with van der Waals surface area (Å²) in [6.07, 6.45) is -4.77. The molecule has 2 rings (SSSR count). The molecule has 0 aliphatic heterocycles. The number of fused-ring (bicyclic) bond motifs is 1. The van der Waals surface area contributed by atoms with Gasteiger partial charge in [-0.25, -0.2) is 4.79 Å². The fourth-order valence-electron chi connectivity index (χ4n) is 2.10. The van der Waals surface area contributed by atoms with Crippen molar-refractivity contribution in [3.05, 3.63) is 29.5 Å². The van der Waals surface area contributed by atoms with Gasteiger partial charge in [-0.15, -0.1) is 13.2 Å². The minimum atomic E-state index is -4.77. The monoisotopic (exact) mass is 273 g/mol. The van der Waals surface area contributed by atoms with E-state index in [1.165, 1.54) is 22.8 Å². The summed E-state index contributed by atoms with van der Waals surface area (Å²) in [4.78, 5) is 11.0. The van der Waals surface area contributed by atoms with Crippen LogP contribution in [-0.2, 0) is 7.05 Å². The zero-order valence-corrected chi connectivity index (χ0v) is 10.1. The van der Waals surface area contributed by atoms with Gasteiger partial charge in [0.2, 0.25) is 0 Å². The molecule has 0 spiro atoms. The molecule has 7 heteroatoms. The van der Waals surface area contributed by atoms with Gasteiger partial charge < -0.3 is 14.4 Å². The lowest BCUT2D eigenvalue weighted by atomic mass is 10.1. The zero-order chi connectivity index (χ0) is 14.4. The summed E-state index contributed by atoms with van der Waals surface area (Å²) in [6.45, 7) is 1.59. The maximum absolute atomic E-state index is 12.2. The molecule has 0 amide bonds. The van der Waals surface area contributed by atoms with Gasteiger partial charge in [0.1, 0.15) is 11.4 Å². The molecular weight excluding hydrogens is 263 g/mol. The molecule has 0 bridgehead atoms. The molecule has 4 nitrogen and oxygen atoms in total. The van der Waals surface area contributed by atoms with Crippen LogP contribution < -0.4 is 4.74 Å². The van der Waals surface area contributed by atoms with Crippen LogP contribution in [0.25, 0.3) is 10.9 Å². The lowest BCUT2D eigenvalue weighted by molar-refractivity contribution is -0.274. The smallest absolute Gasteiger partial charge is 0.477 e. The van der Waals surface area contributed by atoms with E-state index < -0.39 is 12.3 Å². The van der Waals surface area contributed by atoms with Crippen molar-refractivity contribution in [1.29, 1.82) is 0 Å². The molecular formula is C12H10F3NO3. The normalized spacial score (nSPS) is 11.8. The minimum absolute atomic E-state index is 0.00209. The number of carboxylic acid groups (broad SMARTS) is 1. The lowest BCUT2D eigenvalue weighted by Gasteiger charge is -2.10. The second kappa shape index (κ2) is 4.18. The van der Waals surface area contributed by atoms with E-state index in [9.17, 15) is 18.0 Å². The van der Waals surface area contributed by atoms with Gasteiger partial charge in [-0.2, -0.15) is 0 Å². The fourth-order valence-corrected chi connectivity index (χ4v) is 2.10. The number of benzene rings is 1. The summed E-state index contributed by atoms with van der Waals surface area (Å²) in [5.41, 5.74) is 1.07. The summed E-state index contributed by atoms with van der Waals surface area (Å²) >= 11 is 0. The average Bonchev–Trinajstić information content (AvgIpc) is 2.53. The van der Waals surface area contributed by atoms with E-state index in [4.69, 9.17) is 5.11 Å². The summed E-state index contributed by atoms with van der Waals surface area (Å²) < 4.78 is 41.8. The van der Waals surface area contributed by atoms with Crippen molar-refractivity contribution in [2.75, 3.05) is 0 Å². The van der Waals surface area contributed by atoms with Crippen LogP contribution in [0.2, 0.25) is 0 Å². The van der Waals surface area contributed by atoms with Crippen molar-refractivity contribution in [1.82, 2.24) is 4.57 Å². The average molecular weight is 273 g/mol. The van der Waals surface area contributed by atoms with Crippen LogP contribution in [0.3, 0.4) is 0 Å². The topological polar surface area (TPSA) is 51.5 Å². The molecule has 19 heavy (non-hydrogen) atoms. The van der Waals surface area contributed by atoms with Crippen LogP contribution in [0.5, 0.6) is 5.75 Å². The van der Waals surface area contributed by atoms with E-state index in [2.05, 4.69) is 4.74 Å². The van der Waals surface area contributed by atoms with Crippen molar-refractivity contribution in [3.63, 3.8) is 0 Å². The first-order valence-corrected chi connectivity index (χ1v) is 5.28. The number of hydrogen-bond donors (Lipinski definition) is 1. The highest BCUT2D eigenvalue weighted by atomic mass is 19.4. The Hall–Kier alpha value is -2.18. The van der Waals surface area contributed by atoms with Gasteiger partial charge in [0.25, 0.3) is 0 Å². The molecule has 0 radical (unpaired) electrons. The Morgan fingerprint density at radius 2 is 1.95 bits per heavy atom. The SMILES string of the molecule is Cc1cc(OC(F)(F)F)cc2cc(C(=O)O)n(C)c12. The number of carboxylic acids is 1. The van der Waals surface area contributed by atoms with Gasteiger partial charge >= 0.3 is 12.3 Å².